The van der Waals surface area contributed by atoms with Crippen molar-refractivity contribution in [3.05, 3.63) is 65.9 Å². The van der Waals surface area contributed by atoms with E-state index >= 15 is 0 Å². The Bertz CT molecular complexity index is 1300. The van der Waals surface area contributed by atoms with Crippen molar-refractivity contribution in [1.29, 1.82) is 0 Å². The second-order valence-corrected chi connectivity index (χ2v) is 8.50. The largest absolute Gasteiger partial charge is 0.497 e. The fourth-order valence-electron chi connectivity index (χ4n) is 4.30. The first kappa shape index (κ1) is 21.2. The molecule has 2 aromatic carbocycles. The van der Waals surface area contributed by atoms with Crippen LogP contribution in [0.5, 0.6) is 5.75 Å². The van der Waals surface area contributed by atoms with Gasteiger partial charge in [-0.05, 0) is 55.4 Å². The molecule has 33 heavy (non-hydrogen) atoms. The highest BCUT2D eigenvalue weighted by atomic mass is 16.5. The number of H-pyrrole nitrogens is 1. The van der Waals surface area contributed by atoms with Gasteiger partial charge in [0.1, 0.15) is 11.6 Å². The van der Waals surface area contributed by atoms with Crippen LogP contribution in [0.15, 0.2) is 54.7 Å². The predicted molar refractivity (Wildman–Crippen MR) is 129 cm³/mol. The lowest BCUT2D eigenvalue weighted by Gasteiger charge is -2.32. The standard InChI is InChI=1S/C26H27N5O2/c1-17-16-20(33-3)8-9-21(17)22-10-11-27-25-23(22)28-24(29-25)18-4-6-19(7-5-18)26(32)31-14-12-30(2)13-15-31/h4-11,16H,12-15H2,1-3H3,(H,27,28,29). The van der Waals surface area contributed by atoms with Gasteiger partial charge in [-0.25, -0.2) is 9.97 Å². The number of aryl methyl sites for hydroxylation is 1. The molecule has 1 saturated heterocycles. The quantitative estimate of drug-likeness (QED) is 0.518. The summed E-state index contributed by atoms with van der Waals surface area (Å²) in [7, 11) is 3.75. The van der Waals surface area contributed by atoms with Crippen molar-refractivity contribution >= 4 is 17.1 Å². The smallest absolute Gasteiger partial charge is 0.253 e. The lowest BCUT2D eigenvalue weighted by atomic mass is 10.0. The molecule has 168 valence electrons. The van der Waals surface area contributed by atoms with Crippen LogP contribution in [-0.2, 0) is 0 Å². The second kappa shape index (κ2) is 8.67. The van der Waals surface area contributed by atoms with E-state index in [4.69, 9.17) is 9.72 Å². The van der Waals surface area contributed by atoms with Gasteiger partial charge in [-0.15, -0.1) is 0 Å². The minimum absolute atomic E-state index is 0.0817. The number of fused-ring (bicyclic) bond motifs is 1. The van der Waals surface area contributed by atoms with Crippen LogP contribution < -0.4 is 4.74 Å². The number of aromatic amines is 1. The molecule has 1 amide bonds. The summed E-state index contributed by atoms with van der Waals surface area (Å²) >= 11 is 0. The highest BCUT2D eigenvalue weighted by Crippen LogP contribution is 2.32. The lowest BCUT2D eigenvalue weighted by molar-refractivity contribution is 0.0664. The van der Waals surface area contributed by atoms with Crippen molar-refractivity contribution < 1.29 is 9.53 Å². The van der Waals surface area contributed by atoms with Gasteiger partial charge in [0.05, 0.1) is 12.6 Å². The molecule has 0 radical (unpaired) electrons. The van der Waals surface area contributed by atoms with Crippen molar-refractivity contribution in [2.45, 2.75) is 6.92 Å². The van der Waals surface area contributed by atoms with Gasteiger partial charge < -0.3 is 19.5 Å². The maximum atomic E-state index is 12.8. The molecule has 1 N–H and O–H groups in total. The number of nitrogens with zero attached hydrogens (tertiary/aromatic N) is 4. The Morgan fingerprint density at radius 3 is 2.45 bits per heavy atom. The van der Waals surface area contributed by atoms with Crippen LogP contribution in [0.3, 0.4) is 0 Å². The molecule has 1 aliphatic heterocycles. The first-order valence-electron chi connectivity index (χ1n) is 11.1. The summed E-state index contributed by atoms with van der Waals surface area (Å²) in [6.45, 7) is 5.41. The maximum absolute atomic E-state index is 12.8. The molecular weight excluding hydrogens is 414 g/mol. The number of ether oxygens (including phenoxy) is 1. The zero-order valence-electron chi connectivity index (χ0n) is 19.1. The van der Waals surface area contributed by atoms with Gasteiger partial charge in [0.25, 0.3) is 5.91 Å². The molecule has 5 rings (SSSR count). The highest BCUT2D eigenvalue weighted by Gasteiger charge is 2.20. The number of benzene rings is 2. The molecule has 0 aliphatic carbocycles. The molecule has 0 atom stereocenters. The Morgan fingerprint density at radius 1 is 1.00 bits per heavy atom. The molecular formula is C26H27N5O2. The lowest BCUT2D eigenvalue weighted by Crippen LogP contribution is -2.47. The zero-order valence-corrected chi connectivity index (χ0v) is 19.1. The Hall–Kier alpha value is -3.71. The zero-order chi connectivity index (χ0) is 22.9. The van der Waals surface area contributed by atoms with Crippen molar-refractivity contribution in [2.75, 3.05) is 40.3 Å². The summed E-state index contributed by atoms with van der Waals surface area (Å²) < 4.78 is 5.34. The molecule has 0 bridgehead atoms. The molecule has 2 aromatic heterocycles. The Labute approximate surface area is 193 Å². The number of methoxy groups -OCH3 is 1. The summed E-state index contributed by atoms with van der Waals surface area (Å²) in [5.74, 6) is 1.64. The average molecular weight is 442 g/mol. The number of likely N-dealkylation sites (N-methyl/N-ethyl adjacent to an activating group) is 1. The van der Waals surface area contributed by atoms with Gasteiger partial charge in [-0.2, -0.15) is 0 Å². The first-order chi connectivity index (χ1) is 16.0. The number of amides is 1. The van der Waals surface area contributed by atoms with Crippen LogP contribution in [-0.4, -0.2) is 71.0 Å². The third kappa shape index (κ3) is 4.07. The van der Waals surface area contributed by atoms with E-state index in [1.54, 1.807) is 13.3 Å². The SMILES string of the molecule is COc1ccc(-c2ccnc3nc(-c4ccc(C(=O)N5CCN(C)CC5)cc4)[nH]c23)c(C)c1. The van der Waals surface area contributed by atoms with Crippen molar-refractivity contribution in [3.63, 3.8) is 0 Å². The number of nitrogens with one attached hydrogen (secondary N) is 1. The molecule has 0 saturated carbocycles. The number of carbonyl (C=O) groups is 1. The Balaban J connectivity index is 1.44. The van der Waals surface area contributed by atoms with E-state index in [9.17, 15) is 4.79 Å². The van der Waals surface area contributed by atoms with Gasteiger partial charge in [-0.1, -0.05) is 18.2 Å². The average Bonchev–Trinajstić information content (AvgIpc) is 3.29. The molecule has 7 heteroatoms. The van der Waals surface area contributed by atoms with Gasteiger partial charge in [-0.3, -0.25) is 4.79 Å². The Kier molecular flexibility index (Phi) is 5.56. The van der Waals surface area contributed by atoms with Crippen molar-refractivity contribution in [1.82, 2.24) is 24.8 Å². The summed E-state index contributed by atoms with van der Waals surface area (Å²) in [5.41, 5.74) is 6.43. The maximum Gasteiger partial charge on any atom is 0.253 e. The number of imidazole rings is 1. The van der Waals surface area contributed by atoms with Crippen LogP contribution in [0.1, 0.15) is 15.9 Å². The van der Waals surface area contributed by atoms with Crippen LogP contribution >= 0.6 is 0 Å². The third-order valence-corrected chi connectivity index (χ3v) is 6.31. The van der Waals surface area contributed by atoms with Gasteiger partial charge >= 0.3 is 0 Å². The first-order valence-corrected chi connectivity index (χ1v) is 11.1. The highest BCUT2D eigenvalue weighted by molar-refractivity contribution is 5.95. The summed E-state index contributed by atoms with van der Waals surface area (Å²) in [6.07, 6.45) is 1.78. The van der Waals surface area contributed by atoms with Crippen LogP contribution in [0.25, 0.3) is 33.7 Å². The Morgan fingerprint density at radius 2 is 1.76 bits per heavy atom. The van der Waals surface area contributed by atoms with E-state index in [1.165, 1.54) is 0 Å². The number of pyridine rings is 1. The normalized spacial score (nSPS) is 14.6. The van der Waals surface area contributed by atoms with E-state index in [-0.39, 0.29) is 5.91 Å². The third-order valence-electron chi connectivity index (χ3n) is 6.31. The fraction of sp³-hybridized carbons (Fsp3) is 0.269. The number of piperazine rings is 1. The molecule has 0 spiro atoms. The van der Waals surface area contributed by atoms with E-state index in [0.29, 0.717) is 11.2 Å². The minimum Gasteiger partial charge on any atom is -0.497 e. The number of rotatable bonds is 4. The molecule has 4 aromatic rings. The van der Waals surface area contributed by atoms with Crippen molar-refractivity contribution in [2.24, 2.45) is 0 Å². The van der Waals surface area contributed by atoms with E-state index in [0.717, 1.165) is 65.5 Å². The molecule has 1 fully saturated rings. The summed E-state index contributed by atoms with van der Waals surface area (Å²) in [4.78, 5) is 29.6. The summed E-state index contributed by atoms with van der Waals surface area (Å²) in [6, 6.07) is 15.7. The van der Waals surface area contributed by atoms with Crippen molar-refractivity contribution in [3.8, 4) is 28.3 Å². The predicted octanol–water partition coefficient (Wildman–Crippen LogP) is 4.00. The minimum atomic E-state index is 0.0817. The molecule has 7 nitrogen and oxygen atoms in total. The van der Waals surface area contributed by atoms with E-state index in [1.807, 2.05) is 47.4 Å². The summed E-state index contributed by atoms with van der Waals surface area (Å²) in [5, 5.41) is 0. The van der Waals surface area contributed by atoms with Crippen LogP contribution in [0.4, 0.5) is 0 Å². The number of hydrogen-bond acceptors (Lipinski definition) is 5. The number of hydrogen-bond donors (Lipinski definition) is 1. The van der Waals surface area contributed by atoms with E-state index in [2.05, 4.69) is 34.9 Å². The van der Waals surface area contributed by atoms with Crippen LogP contribution in [0, 0.1) is 6.92 Å². The monoisotopic (exact) mass is 441 g/mol. The van der Waals surface area contributed by atoms with E-state index < -0.39 is 0 Å². The van der Waals surface area contributed by atoms with Crippen LogP contribution in [0.2, 0.25) is 0 Å². The van der Waals surface area contributed by atoms with Gasteiger partial charge in [0.15, 0.2) is 5.65 Å². The topological polar surface area (TPSA) is 74.4 Å². The molecule has 3 heterocycles. The van der Waals surface area contributed by atoms with Gasteiger partial charge in [0.2, 0.25) is 0 Å². The second-order valence-electron chi connectivity index (χ2n) is 8.50. The fourth-order valence-corrected chi connectivity index (χ4v) is 4.30. The molecule has 0 unspecified atom stereocenters. The van der Waals surface area contributed by atoms with Gasteiger partial charge in [0, 0.05) is 49.1 Å². The molecule has 1 aliphatic rings. The number of aromatic nitrogens is 3. The number of carbonyl (C=O) groups excluding carboxylic acids is 1.